The van der Waals surface area contributed by atoms with Crippen LogP contribution in [0.5, 0.6) is 0 Å². The van der Waals surface area contributed by atoms with Crippen molar-refractivity contribution in [3.05, 3.63) is 138 Å². The molecule has 1 radical (unpaired) electrons. The molecule has 3 atom stereocenters. The minimum absolute atomic E-state index is 0.0334. The number of allylic oxidation sites excluding steroid dienone is 6. The van der Waals surface area contributed by atoms with Crippen molar-refractivity contribution in [1.29, 1.82) is 0 Å². The third kappa shape index (κ3) is 9.12. The van der Waals surface area contributed by atoms with E-state index >= 15 is 0 Å². The highest BCUT2D eigenvalue weighted by molar-refractivity contribution is 7.28. The Labute approximate surface area is 378 Å². The molecule has 0 saturated carbocycles. The lowest BCUT2D eigenvalue weighted by molar-refractivity contribution is 0.332. The van der Waals surface area contributed by atoms with Crippen LogP contribution in [-0.4, -0.2) is 19.4 Å². The third-order valence-electron chi connectivity index (χ3n) is 14.0. The molecular formula is C57H70BN2OS. The Hall–Kier alpha value is -4.48. The van der Waals surface area contributed by atoms with E-state index in [0.717, 1.165) is 59.0 Å². The van der Waals surface area contributed by atoms with E-state index in [2.05, 4.69) is 197 Å². The summed E-state index contributed by atoms with van der Waals surface area (Å²) in [6.07, 6.45) is 30.1. The van der Waals surface area contributed by atoms with Crippen LogP contribution in [0.3, 0.4) is 0 Å². The molecular weight excluding hydrogens is 772 g/mol. The van der Waals surface area contributed by atoms with Crippen LogP contribution >= 0.6 is 11.3 Å². The Morgan fingerprint density at radius 2 is 1.69 bits per heavy atom. The summed E-state index contributed by atoms with van der Waals surface area (Å²) in [6.45, 7) is 28.3. The van der Waals surface area contributed by atoms with Gasteiger partial charge in [-0.15, -0.1) is 17.9 Å². The van der Waals surface area contributed by atoms with Gasteiger partial charge in [-0.2, -0.15) is 0 Å². The van der Waals surface area contributed by atoms with Crippen molar-refractivity contribution in [2.24, 2.45) is 11.8 Å². The first kappa shape index (κ1) is 44.1. The summed E-state index contributed by atoms with van der Waals surface area (Å²) >= 11 is 1.97. The van der Waals surface area contributed by atoms with Crippen molar-refractivity contribution < 1.29 is 4.42 Å². The number of nitrogens with zero attached hydrogens (tertiary/aromatic N) is 1. The molecule has 2 aromatic heterocycles. The van der Waals surface area contributed by atoms with Crippen molar-refractivity contribution in [3.8, 4) is 0 Å². The molecule has 0 saturated heterocycles. The fourth-order valence-corrected chi connectivity index (χ4v) is 11.1. The number of benzene rings is 3. The Morgan fingerprint density at radius 1 is 0.919 bits per heavy atom. The van der Waals surface area contributed by atoms with Crippen LogP contribution < -0.4 is 15.0 Å². The lowest BCUT2D eigenvalue weighted by Crippen LogP contribution is -2.44. The first-order valence-electron chi connectivity index (χ1n) is 23.5. The molecule has 0 bridgehead atoms. The van der Waals surface area contributed by atoms with E-state index in [1.165, 1.54) is 68.4 Å². The molecule has 3 aromatic carbocycles. The summed E-state index contributed by atoms with van der Waals surface area (Å²) in [5.41, 5.74) is 11.2. The van der Waals surface area contributed by atoms with Gasteiger partial charge in [-0.05, 0) is 143 Å². The SMILES string of the molecule is C=CC(C/C=C/C(C)CCC(C)C)N(c1c([B]C2=CCCC=C2)sc2cc3c(cc12)C(C)(C)CCC3(C)C)C1C=C(Nc2cccc3oc4ccc(C(C)(C)C)cc4c23)C=CC1. The second-order valence-corrected chi connectivity index (χ2v) is 22.4. The topological polar surface area (TPSA) is 28.4 Å². The second kappa shape index (κ2) is 17.6. The zero-order valence-electron chi connectivity index (χ0n) is 39.3. The molecule has 0 fully saturated rings. The summed E-state index contributed by atoms with van der Waals surface area (Å²) in [4.78, 5) is 2.75. The van der Waals surface area contributed by atoms with E-state index in [1.54, 1.807) is 0 Å². The minimum atomic E-state index is 0.0334. The zero-order valence-corrected chi connectivity index (χ0v) is 40.1. The van der Waals surface area contributed by atoms with E-state index in [-0.39, 0.29) is 28.3 Å². The van der Waals surface area contributed by atoms with Gasteiger partial charge in [0.1, 0.15) is 11.2 Å². The molecule has 1 N–H and O–H groups in total. The fourth-order valence-electron chi connectivity index (χ4n) is 9.96. The summed E-state index contributed by atoms with van der Waals surface area (Å²) < 4.78 is 9.16. The number of nitrogens with one attached hydrogen (secondary N) is 1. The van der Waals surface area contributed by atoms with E-state index in [0.29, 0.717) is 11.8 Å². The predicted molar refractivity (Wildman–Crippen MR) is 274 cm³/mol. The standard InChI is InChI=1S/C57H70BN2OS/c1-12-42(23-16-19-38(4)28-27-37(2)3)60(43-24-17-22-41(34-43)59-48-25-18-26-50-52(48)44-33-39(55(5,6)7)29-30-49(44)61-50)53-45-35-46-47(57(10,11)32-31-56(46,8)9)36-51(45)62-54(53)58-40-20-14-13-15-21-40/h12,14,16-22,25-26,29-30,33-38,42-43,59H,1,13,15,23-24,27-28,31-32H2,2-11H3/b19-16+. The van der Waals surface area contributed by atoms with Crippen molar-refractivity contribution in [2.45, 2.75) is 149 Å². The van der Waals surface area contributed by atoms with Gasteiger partial charge in [0.25, 0.3) is 0 Å². The highest BCUT2D eigenvalue weighted by Crippen LogP contribution is 2.49. The quantitative estimate of drug-likeness (QED) is 0.0892. The van der Waals surface area contributed by atoms with Gasteiger partial charge in [-0.1, -0.05) is 136 Å². The molecule has 5 aromatic rings. The van der Waals surface area contributed by atoms with Gasteiger partial charge in [0.05, 0.1) is 28.8 Å². The molecule has 3 aliphatic rings. The van der Waals surface area contributed by atoms with Crippen molar-refractivity contribution >= 4 is 66.8 Å². The number of hydrogen-bond donors (Lipinski definition) is 1. The Morgan fingerprint density at radius 3 is 2.40 bits per heavy atom. The average molecular weight is 842 g/mol. The summed E-state index contributed by atoms with van der Waals surface area (Å²) in [5, 5.41) is 7.59. The number of anilines is 2. The maximum Gasteiger partial charge on any atom is 0.207 e. The van der Waals surface area contributed by atoms with Crippen LogP contribution in [0, 0.1) is 11.8 Å². The number of fused-ring (bicyclic) bond motifs is 5. The smallest absolute Gasteiger partial charge is 0.207 e. The van der Waals surface area contributed by atoms with Crippen LogP contribution in [0.15, 0.2) is 125 Å². The van der Waals surface area contributed by atoms with Gasteiger partial charge in [-0.3, -0.25) is 0 Å². The molecule has 3 aliphatic carbocycles. The third-order valence-corrected chi connectivity index (χ3v) is 15.0. The van der Waals surface area contributed by atoms with Gasteiger partial charge < -0.3 is 14.6 Å². The van der Waals surface area contributed by atoms with Gasteiger partial charge in [0.2, 0.25) is 7.28 Å². The average Bonchev–Trinajstić information content (AvgIpc) is 3.78. The maximum atomic E-state index is 6.45. The minimum Gasteiger partial charge on any atom is -0.456 e. The van der Waals surface area contributed by atoms with Gasteiger partial charge in [-0.25, -0.2) is 0 Å². The second-order valence-electron chi connectivity index (χ2n) is 21.3. The predicted octanol–water partition coefficient (Wildman–Crippen LogP) is 15.7. The molecule has 0 aliphatic heterocycles. The zero-order chi connectivity index (χ0) is 44.0. The van der Waals surface area contributed by atoms with Gasteiger partial charge in [0, 0.05) is 21.2 Å². The molecule has 62 heavy (non-hydrogen) atoms. The first-order chi connectivity index (χ1) is 29.5. The lowest BCUT2D eigenvalue weighted by Gasteiger charge is -2.42. The van der Waals surface area contributed by atoms with E-state index in [1.807, 2.05) is 11.3 Å². The molecule has 8 rings (SSSR count). The van der Waals surface area contributed by atoms with Crippen LogP contribution in [-0.2, 0) is 16.2 Å². The largest absolute Gasteiger partial charge is 0.456 e. The molecule has 323 valence electrons. The molecule has 3 unspecified atom stereocenters. The number of hydrogen-bond acceptors (Lipinski definition) is 4. The summed E-state index contributed by atoms with van der Waals surface area (Å²) in [7, 11) is 2.47. The summed E-state index contributed by atoms with van der Waals surface area (Å²) in [5.74, 6) is 1.26. The van der Waals surface area contributed by atoms with Crippen molar-refractivity contribution in [3.63, 3.8) is 0 Å². The lowest BCUT2D eigenvalue weighted by atomic mass is 9.62. The van der Waals surface area contributed by atoms with E-state index in [9.17, 15) is 0 Å². The van der Waals surface area contributed by atoms with Crippen LogP contribution in [0.2, 0.25) is 0 Å². The Balaban J connectivity index is 1.27. The Kier molecular flexibility index (Phi) is 12.5. The molecule has 5 heteroatoms. The number of rotatable bonds is 14. The Bertz CT molecular complexity index is 2620. The monoisotopic (exact) mass is 842 g/mol. The number of thiophene rings is 1. The summed E-state index contributed by atoms with van der Waals surface area (Å²) in [6, 6.07) is 18.4. The van der Waals surface area contributed by atoms with Crippen LogP contribution in [0.1, 0.15) is 137 Å². The fraction of sp³-hybridized carbons (Fsp3) is 0.439. The van der Waals surface area contributed by atoms with Crippen LogP contribution in [0.25, 0.3) is 32.0 Å². The molecule has 0 amide bonds. The maximum absolute atomic E-state index is 6.45. The molecule has 0 spiro atoms. The van der Waals surface area contributed by atoms with E-state index < -0.39 is 0 Å². The highest BCUT2D eigenvalue weighted by atomic mass is 32.1. The van der Waals surface area contributed by atoms with Crippen LogP contribution in [0.4, 0.5) is 11.4 Å². The van der Waals surface area contributed by atoms with E-state index in [4.69, 9.17) is 4.42 Å². The molecule has 3 nitrogen and oxygen atoms in total. The van der Waals surface area contributed by atoms with Gasteiger partial charge >= 0.3 is 0 Å². The normalized spacial score (nSPS) is 19.5. The first-order valence-corrected chi connectivity index (χ1v) is 24.4. The number of furan rings is 1. The van der Waals surface area contributed by atoms with Crippen molar-refractivity contribution in [2.75, 3.05) is 10.2 Å². The highest BCUT2D eigenvalue weighted by Gasteiger charge is 2.39. The van der Waals surface area contributed by atoms with Gasteiger partial charge in [0.15, 0.2) is 0 Å². The van der Waals surface area contributed by atoms with Crippen molar-refractivity contribution in [1.82, 2.24) is 0 Å². The molecule has 2 heterocycles.